The maximum absolute atomic E-state index is 13.8. The minimum absolute atomic E-state index is 0.155. The average molecular weight is 512 g/mol. The number of benzene rings is 1. The van der Waals surface area contributed by atoms with Crippen LogP contribution in [0.2, 0.25) is 0 Å². The number of nitrogens with zero attached hydrogens (tertiary/aromatic N) is 5. The van der Waals surface area contributed by atoms with Crippen molar-refractivity contribution < 1.29 is 13.2 Å². The minimum atomic E-state index is -3.62. The standard InChI is InChI=1S/C25H33N7O3S/c1-17-15-32-22(27-24(17)30-13-11-19(26)16-30)14-20(28-32)21-10-6-7-12-31(21)25(33)23(29-36(2,34)35)18-8-4-3-5-9-18/h3-5,8-9,14-15,19,21,23,29H,6-7,10-13,16,26H2,1-2H3/t19-,21+,23?/m0/s1. The lowest BCUT2D eigenvalue weighted by Crippen LogP contribution is -2.46. The normalized spacial score (nSPS) is 21.8. The molecule has 0 aliphatic carbocycles. The SMILES string of the molecule is Cc1cn2nc([C@H]3CCCCN3C(=O)C(NS(C)(=O)=O)c3ccccc3)cc2nc1N1CC[C@H](N)C1. The van der Waals surface area contributed by atoms with Crippen LogP contribution >= 0.6 is 0 Å². The summed E-state index contributed by atoms with van der Waals surface area (Å²) in [7, 11) is -3.62. The number of fused-ring (bicyclic) bond motifs is 1. The molecule has 0 saturated carbocycles. The Morgan fingerprint density at radius 3 is 2.64 bits per heavy atom. The van der Waals surface area contributed by atoms with Gasteiger partial charge in [-0.25, -0.2) is 17.9 Å². The number of hydrogen-bond donors (Lipinski definition) is 2. The first-order valence-corrected chi connectivity index (χ1v) is 14.3. The number of nitrogens with two attached hydrogens (primary N) is 1. The summed E-state index contributed by atoms with van der Waals surface area (Å²) in [6, 6.07) is 9.81. The van der Waals surface area contributed by atoms with Gasteiger partial charge in [0.15, 0.2) is 5.65 Å². The first-order valence-electron chi connectivity index (χ1n) is 12.4. The van der Waals surface area contributed by atoms with Crippen molar-refractivity contribution in [1.82, 2.24) is 24.2 Å². The number of rotatable bonds is 6. The van der Waals surface area contributed by atoms with Gasteiger partial charge < -0.3 is 15.5 Å². The number of carbonyl (C=O) groups excluding carboxylic acids is 1. The quantitative estimate of drug-likeness (QED) is 0.518. The first-order chi connectivity index (χ1) is 17.2. The lowest BCUT2D eigenvalue weighted by atomic mass is 9.97. The molecule has 0 radical (unpaired) electrons. The zero-order chi connectivity index (χ0) is 25.4. The summed E-state index contributed by atoms with van der Waals surface area (Å²) in [5.41, 5.74) is 9.22. The fourth-order valence-electron chi connectivity index (χ4n) is 5.27. The molecule has 1 amide bonds. The number of aryl methyl sites for hydroxylation is 1. The van der Waals surface area contributed by atoms with Crippen molar-refractivity contribution in [3.8, 4) is 0 Å². The molecule has 0 spiro atoms. The number of likely N-dealkylation sites (tertiary alicyclic amines) is 1. The zero-order valence-corrected chi connectivity index (χ0v) is 21.5. The Kier molecular flexibility index (Phi) is 6.71. The summed E-state index contributed by atoms with van der Waals surface area (Å²) in [5, 5.41) is 4.80. The van der Waals surface area contributed by atoms with Crippen molar-refractivity contribution >= 4 is 27.4 Å². The van der Waals surface area contributed by atoms with Crippen LogP contribution in [0.15, 0.2) is 42.6 Å². The van der Waals surface area contributed by atoms with Crippen LogP contribution in [0.1, 0.15) is 54.6 Å². The summed E-state index contributed by atoms with van der Waals surface area (Å²) >= 11 is 0. The van der Waals surface area contributed by atoms with Gasteiger partial charge >= 0.3 is 0 Å². The molecule has 3 N–H and O–H groups in total. The predicted octanol–water partition coefficient (Wildman–Crippen LogP) is 1.92. The number of sulfonamides is 1. The maximum Gasteiger partial charge on any atom is 0.245 e. The van der Waals surface area contributed by atoms with E-state index in [1.807, 2.05) is 25.3 Å². The van der Waals surface area contributed by atoms with Gasteiger partial charge in [0.25, 0.3) is 0 Å². The van der Waals surface area contributed by atoms with E-state index in [9.17, 15) is 13.2 Å². The van der Waals surface area contributed by atoms with Crippen molar-refractivity contribution in [2.24, 2.45) is 5.73 Å². The molecule has 1 unspecified atom stereocenters. The predicted molar refractivity (Wildman–Crippen MR) is 138 cm³/mol. The maximum atomic E-state index is 13.8. The van der Waals surface area contributed by atoms with Gasteiger partial charge in [-0.05, 0) is 38.2 Å². The summed E-state index contributed by atoms with van der Waals surface area (Å²) < 4.78 is 28.6. The highest BCUT2D eigenvalue weighted by Gasteiger charge is 2.36. The van der Waals surface area contributed by atoms with Gasteiger partial charge in [0.1, 0.15) is 11.9 Å². The molecule has 192 valence electrons. The molecule has 10 nitrogen and oxygen atoms in total. The fraction of sp³-hybridized carbons (Fsp3) is 0.480. The van der Waals surface area contributed by atoms with E-state index >= 15 is 0 Å². The Morgan fingerprint density at radius 2 is 1.94 bits per heavy atom. The third kappa shape index (κ3) is 5.09. The van der Waals surface area contributed by atoms with E-state index in [2.05, 4.69) is 9.62 Å². The number of anilines is 1. The lowest BCUT2D eigenvalue weighted by molar-refractivity contribution is -0.137. The molecule has 2 aliphatic heterocycles. The van der Waals surface area contributed by atoms with Gasteiger partial charge in [-0.1, -0.05) is 30.3 Å². The highest BCUT2D eigenvalue weighted by molar-refractivity contribution is 7.88. The zero-order valence-electron chi connectivity index (χ0n) is 20.7. The van der Waals surface area contributed by atoms with Crippen LogP contribution in [0.4, 0.5) is 5.82 Å². The van der Waals surface area contributed by atoms with E-state index in [0.717, 1.165) is 67.8 Å². The third-order valence-corrected chi connectivity index (χ3v) is 7.65. The van der Waals surface area contributed by atoms with Crippen LogP contribution in [-0.2, 0) is 14.8 Å². The number of nitrogens with one attached hydrogen (secondary N) is 1. The van der Waals surface area contributed by atoms with Crippen LogP contribution in [0.5, 0.6) is 0 Å². The van der Waals surface area contributed by atoms with Crippen LogP contribution < -0.4 is 15.4 Å². The van der Waals surface area contributed by atoms with Gasteiger partial charge in [-0.2, -0.15) is 9.82 Å². The molecule has 1 aromatic carbocycles. The van der Waals surface area contributed by atoms with Crippen LogP contribution in [0, 0.1) is 6.92 Å². The largest absolute Gasteiger partial charge is 0.355 e. The van der Waals surface area contributed by atoms with Gasteiger partial charge in [0.05, 0.1) is 18.0 Å². The molecule has 11 heteroatoms. The monoisotopic (exact) mass is 511 g/mol. The Hall–Kier alpha value is -3.02. The average Bonchev–Trinajstić information content (AvgIpc) is 3.47. The van der Waals surface area contributed by atoms with E-state index < -0.39 is 16.1 Å². The fourth-order valence-corrected chi connectivity index (χ4v) is 5.94. The van der Waals surface area contributed by atoms with E-state index in [-0.39, 0.29) is 18.0 Å². The van der Waals surface area contributed by atoms with E-state index in [0.29, 0.717) is 12.1 Å². The molecule has 4 heterocycles. The molecule has 3 atom stereocenters. The Labute approximate surface area is 211 Å². The summed E-state index contributed by atoms with van der Waals surface area (Å²) in [6.07, 6.45) is 6.56. The number of carbonyl (C=O) groups is 1. The number of aromatic nitrogens is 3. The molecular weight excluding hydrogens is 478 g/mol. The van der Waals surface area contributed by atoms with Crippen LogP contribution in [-0.4, -0.2) is 65.8 Å². The summed E-state index contributed by atoms with van der Waals surface area (Å²) in [5.74, 6) is 0.643. The van der Waals surface area contributed by atoms with E-state index in [4.69, 9.17) is 15.8 Å². The van der Waals surface area contributed by atoms with Crippen molar-refractivity contribution in [2.75, 3.05) is 30.8 Å². The third-order valence-electron chi connectivity index (χ3n) is 6.99. The number of piperidine rings is 1. The number of hydrogen-bond acceptors (Lipinski definition) is 7. The molecule has 2 fully saturated rings. The number of amides is 1. The lowest BCUT2D eigenvalue weighted by Gasteiger charge is -2.37. The summed E-state index contributed by atoms with van der Waals surface area (Å²) in [4.78, 5) is 22.7. The Morgan fingerprint density at radius 1 is 1.17 bits per heavy atom. The van der Waals surface area contributed by atoms with Gasteiger partial charge in [0, 0.05) is 43.5 Å². The van der Waals surface area contributed by atoms with Crippen LogP contribution in [0.25, 0.3) is 5.65 Å². The van der Waals surface area contributed by atoms with E-state index in [1.54, 1.807) is 33.7 Å². The minimum Gasteiger partial charge on any atom is -0.355 e. The van der Waals surface area contributed by atoms with E-state index in [1.165, 1.54) is 0 Å². The second-order valence-corrected chi connectivity index (χ2v) is 11.7. The summed E-state index contributed by atoms with van der Waals surface area (Å²) in [6.45, 7) is 4.22. The first kappa shape index (κ1) is 24.7. The molecule has 36 heavy (non-hydrogen) atoms. The van der Waals surface area contributed by atoms with Gasteiger partial charge in [-0.15, -0.1) is 0 Å². The van der Waals surface area contributed by atoms with Gasteiger partial charge in [0.2, 0.25) is 15.9 Å². The molecule has 2 aliphatic rings. The highest BCUT2D eigenvalue weighted by atomic mass is 32.2. The molecule has 2 saturated heterocycles. The molecular formula is C25H33N7O3S. The van der Waals surface area contributed by atoms with Gasteiger partial charge in [-0.3, -0.25) is 4.79 Å². The molecule has 3 aromatic rings. The molecule has 2 aromatic heterocycles. The van der Waals surface area contributed by atoms with Crippen LogP contribution in [0.3, 0.4) is 0 Å². The highest BCUT2D eigenvalue weighted by Crippen LogP contribution is 2.34. The second-order valence-electron chi connectivity index (χ2n) is 9.89. The topological polar surface area (TPSA) is 126 Å². The van der Waals surface area contributed by atoms with Crippen molar-refractivity contribution in [3.63, 3.8) is 0 Å². The Bertz CT molecular complexity index is 1360. The van der Waals surface area contributed by atoms with Crippen molar-refractivity contribution in [3.05, 3.63) is 59.4 Å². The second kappa shape index (κ2) is 9.79. The van der Waals surface area contributed by atoms with Crippen molar-refractivity contribution in [1.29, 1.82) is 0 Å². The Balaban J connectivity index is 1.47. The molecule has 5 rings (SSSR count). The van der Waals surface area contributed by atoms with Crippen molar-refractivity contribution in [2.45, 2.75) is 50.7 Å². The molecule has 0 bridgehead atoms. The smallest absolute Gasteiger partial charge is 0.245 e.